The Kier molecular flexibility index (Phi) is 7.76. The van der Waals surface area contributed by atoms with E-state index in [1.165, 1.54) is 12.1 Å². The van der Waals surface area contributed by atoms with Crippen molar-refractivity contribution in [2.24, 2.45) is 0 Å². The van der Waals surface area contributed by atoms with E-state index in [-0.39, 0.29) is 10.6 Å². The van der Waals surface area contributed by atoms with E-state index in [0.29, 0.717) is 18.1 Å². The molecule has 0 unspecified atom stereocenters. The van der Waals surface area contributed by atoms with Crippen LogP contribution >= 0.6 is 7.26 Å². The Morgan fingerprint density at radius 2 is 1.08 bits per heavy atom. The van der Waals surface area contributed by atoms with E-state index in [0.717, 1.165) is 22.0 Å². The number of benzene rings is 4. The molecule has 186 valence electrons. The molecule has 4 aromatic rings. The molecule has 0 aromatic heterocycles. The van der Waals surface area contributed by atoms with Gasteiger partial charge in [0, 0.05) is 0 Å². The molecule has 0 aliphatic rings. The van der Waals surface area contributed by atoms with E-state index in [1.807, 2.05) is 54.6 Å². The minimum atomic E-state index is -4.69. The Labute approximate surface area is 213 Å². The Morgan fingerprint density at radius 3 is 1.50 bits per heavy atom. The lowest BCUT2D eigenvalue weighted by Crippen LogP contribution is -2.34. The zero-order valence-electron chi connectivity index (χ0n) is 19.9. The predicted octanol–water partition coefficient (Wildman–Crippen LogP) is 4.40. The van der Waals surface area contributed by atoms with Crippen LogP contribution in [0.15, 0.2) is 119 Å². The summed E-state index contributed by atoms with van der Waals surface area (Å²) in [4.78, 5) is -0.934. The standard InChI is InChI=1S/C28H27O5PS2/c1-23-18-19-27(36(31,32)33)28(22-23)35(29,30)21-11-20-34(24-12-5-2-6-13-24,25-14-7-3-8-15-25)26-16-9-4-10-17-26/h2-10,12-19,22H,11,20-21H2,1H3/p+1. The molecule has 5 nitrogen and oxygen atoms in total. The summed E-state index contributed by atoms with van der Waals surface area (Å²) in [6.07, 6.45) is 0.894. The van der Waals surface area contributed by atoms with Gasteiger partial charge in [0.1, 0.15) is 28.1 Å². The van der Waals surface area contributed by atoms with Crippen LogP contribution in [-0.2, 0) is 20.0 Å². The zero-order valence-corrected chi connectivity index (χ0v) is 22.4. The number of sulfone groups is 1. The average Bonchev–Trinajstić information content (AvgIpc) is 2.87. The second-order valence-electron chi connectivity index (χ2n) is 8.64. The van der Waals surface area contributed by atoms with Gasteiger partial charge in [-0.2, -0.15) is 8.42 Å². The first-order valence-electron chi connectivity index (χ1n) is 11.5. The summed E-state index contributed by atoms with van der Waals surface area (Å²) in [5.74, 6) is -0.243. The summed E-state index contributed by atoms with van der Waals surface area (Å²) in [5.41, 5.74) is 0.598. The lowest BCUT2D eigenvalue weighted by Gasteiger charge is -2.27. The summed E-state index contributed by atoms with van der Waals surface area (Å²) in [6.45, 7) is 1.68. The van der Waals surface area contributed by atoms with Crippen LogP contribution in [0.2, 0.25) is 0 Å². The van der Waals surface area contributed by atoms with E-state index >= 15 is 0 Å². The van der Waals surface area contributed by atoms with Crippen LogP contribution in [0.25, 0.3) is 0 Å². The monoisotopic (exact) mass is 539 g/mol. The molecule has 0 radical (unpaired) electrons. The summed E-state index contributed by atoms with van der Waals surface area (Å²) in [5, 5.41) is 3.44. The van der Waals surface area contributed by atoms with Crippen molar-refractivity contribution in [2.75, 3.05) is 11.9 Å². The number of rotatable bonds is 9. The molecule has 4 rings (SSSR count). The van der Waals surface area contributed by atoms with Crippen LogP contribution in [-0.4, -0.2) is 33.3 Å². The highest BCUT2D eigenvalue weighted by Crippen LogP contribution is 2.55. The van der Waals surface area contributed by atoms with Gasteiger partial charge in [-0.25, -0.2) is 8.42 Å². The largest absolute Gasteiger partial charge is 0.295 e. The molecule has 36 heavy (non-hydrogen) atoms. The van der Waals surface area contributed by atoms with Gasteiger partial charge in [-0.05, 0) is 67.4 Å². The highest BCUT2D eigenvalue weighted by atomic mass is 32.2. The van der Waals surface area contributed by atoms with E-state index in [2.05, 4.69) is 36.4 Å². The lowest BCUT2D eigenvalue weighted by atomic mass is 10.2. The zero-order chi connectivity index (χ0) is 25.8. The van der Waals surface area contributed by atoms with Crippen molar-refractivity contribution in [1.82, 2.24) is 0 Å². The first-order chi connectivity index (χ1) is 17.1. The third-order valence-electron chi connectivity index (χ3n) is 6.21. The maximum atomic E-state index is 13.4. The predicted molar refractivity (Wildman–Crippen MR) is 148 cm³/mol. The van der Waals surface area contributed by atoms with Gasteiger partial charge in [0.25, 0.3) is 10.1 Å². The molecule has 0 heterocycles. The maximum absolute atomic E-state index is 13.4. The Balaban J connectivity index is 1.77. The lowest BCUT2D eigenvalue weighted by molar-refractivity contribution is 0.479. The normalized spacial score (nSPS) is 12.4. The molecular formula is C28H28O5PS2+. The van der Waals surface area contributed by atoms with Gasteiger partial charge in [-0.1, -0.05) is 60.7 Å². The number of hydrogen-bond donors (Lipinski definition) is 1. The third-order valence-corrected chi connectivity index (χ3v) is 13.6. The molecule has 8 heteroatoms. The number of aryl methyl sites for hydroxylation is 1. The van der Waals surface area contributed by atoms with Crippen molar-refractivity contribution in [3.63, 3.8) is 0 Å². The van der Waals surface area contributed by atoms with Gasteiger partial charge >= 0.3 is 0 Å². The summed E-state index contributed by atoms with van der Waals surface area (Å²) >= 11 is 0. The van der Waals surface area contributed by atoms with Crippen LogP contribution in [0, 0.1) is 6.92 Å². The van der Waals surface area contributed by atoms with E-state index in [1.54, 1.807) is 6.92 Å². The van der Waals surface area contributed by atoms with Crippen LogP contribution in [0.1, 0.15) is 12.0 Å². The van der Waals surface area contributed by atoms with Crippen molar-refractivity contribution in [3.05, 3.63) is 115 Å². The molecular weight excluding hydrogens is 511 g/mol. The smallest absolute Gasteiger partial charge is 0.282 e. The molecule has 0 saturated heterocycles. The Morgan fingerprint density at radius 1 is 0.639 bits per heavy atom. The minimum absolute atomic E-state index is 0.243. The molecule has 0 aliphatic carbocycles. The van der Waals surface area contributed by atoms with Gasteiger partial charge in [-0.3, -0.25) is 4.55 Å². The second kappa shape index (κ2) is 10.7. The molecule has 0 amide bonds. The molecule has 1 N–H and O–H groups in total. The molecule has 0 fully saturated rings. The van der Waals surface area contributed by atoms with Gasteiger partial charge in [0.15, 0.2) is 9.84 Å². The van der Waals surface area contributed by atoms with Crippen molar-refractivity contribution >= 4 is 43.1 Å². The fourth-order valence-corrected chi connectivity index (χ4v) is 11.8. The van der Waals surface area contributed by atoms with Crippen LogP contribution in [0.3, 0.4) is 0 Å². The van der Waals surface area contributed by atoms with Gasteiger partial charge < -0.3 is 0 Å². The van der Waals surface area contributed by atoms with Crippen molar-refractivity contribution in [2.45, 2.75) is 23.1 Å². The van der Waals surface area contributed by atoms with Crippen LogP contribution in [0.5, 0.6) is 0 Å². The molecule has 0 spiro atoms. The van der Waals surface area contributed by atoms with Gasteiger partial charge in [-0.15, -0.1) is 0 Å². The van der Waals surface area contributed by atoms with Crippen molar-refractivity contribution in [1.29, 1.82) is 0 Å². The average molecular weight is 540 g/mol. The van der Waals surface area contributed by atoms with E-state index in [9.17, 15) is 21.4 Å². The summed E-state index contributed by atoms with van der Waals surface area (Å²) in [7, 11) is -10.9. The molecule has 0 saturated carbocycles. The summed E-state index contributed by atoms with van der Waals surface area (Å²) in [6, 6.07) is 34.4. The summed E-state index contributed by atoms with van der Waals surface area (Å²) < 4.78 is 60.2. The van der Waals surface area contributed by atoms with Gasteiger partial charge in [0.2, 0.25) is 0 Å². The quantitative estimate of drug-likeness (QED) is 0.252. The second-order valence-corrected chi connectivity index (χ2v) is 15.7. The highest BCUT2D eigenvalue weighted by molar-refractivity contribution is 7.96. The minimum Gasteiger partial charge on any atom is -0.282 e. The molecule has 0 aliphatic heterocycles. The first kappa shape index (κ1) is 26.2. The first-order valence-corrected chi connectivity index (χ1v) is 16.6. The van der Waals surface area contributed by atoms with Crippen molar-refractivity contribution in [3.8, 4) is 0 Å². The van der Waals surface area contributed by atoms with E-state index < -0.39 is 32.1 Å². The molecule has 0 bridgehead atoms. The Hall–Kier alpha value is -2.83. The molecule has 0 atom stereocenters. The third kappa shape index (κ3) is 5.45. The van der Waals surface area contributed by atoms with Crippen molar-refractivity contribution < 1.29 is 21.4 Å². The van der Waals surface area contributed by atoms with Crippen LogP contribution < -0.4 is 15.9 Å². The Bertz CT molecular complexity index is 1440. The molecule has 4 aromatic carbocycles. The number of hydrogen-bond acceptors (Lipinski definition) is 4. The fourth-order valence-electron chi connectivity index (χ4n) is 4.56. The maximum Gasteiger partial charge on any atom is 0.295 e. The topological polar surface area (TPSA) is 88.5 Å². The van der Waals surface area contributed by atoms with Crippen LogP contribution in [0.4, 0.5) is 0 Å². The SMILES string of the molecule is Cc1ccc(S(=O)(=O)O)c(S(=O)(=O)CCC[P+](c2ccccc2)(c2ccccc2)c2ccccc2)c1. The van der Waals surface area contributed by atoms with Gasteiger partial charge in [0.05, 0.1) is 16.8 Å². The van der Waals surface area contributed by atoms with E-state index in [4.69, 9.17) is 0 Å². The fraction of sp³-hybridized carbons (Fsp3) is 0.143. The highest BCUT2D eigenvalue weighted by Gasteiger charge is 2.45.